The highest BCUT2D eigenvalue weighted by molar-refractivity contribution is 8.26. The van der Waals surface area contributed by atoms with Crippen LogP contribution in [-0.4, -0.2) is 37.1 Å². The molecule has 0 bridgehead atoms. The van der Waals surface area contributed by atoms with Gasteiger partial charge in [-0.05, 0) is 44.9 Å². The van der Waals surface area contributed by atoms with E-state index >= 15 is 0 Å². The molecule has 3 rings (SSSR count). The summed E-state index contributed by atoms with van der Waals surface area (Å²) >= 11 is 6.59. The molecule has 3 heterocycles. The Kier molecular flexibility index (Phi) is 6.74. The van der Waals surface area contributed by atoms with E-state index in [0.717, 1.165) is 31.4 Å². The fourth-order valence-corrected chi connectivity index (χ4v) is 4.72. The predicted octanol–water partition coefficient (Wildman–Crippen LogP) is 4.21. The average Bonchev–Trinajstić information content (AvgIpc) is 2.95. The first-order valence-corrected chi connectivity index (χ1v) is 11.1. The Morgan fingerprint density at radius 1 is 1.31 bits per heavy atom. The van der Waals surface area contributed by atoms with Crippen LogP contribution in [0.3, 0.4) is 0 Å². The highest BCUT2D eigenvalue weighted by Crippen LogP contribution is 2.34. The molecule has 6 nitrogen and oxygen atoms in total. The first kappa shape index (κ1) is 21.5. The maximum atomic E-state index is 13.3. The Bertz CT molecular complexity index is 1040. The lowest BCUT2D eigenvalue weighted by Crippen LogP contribution is -2.34. The second kappa shape index (κ2) is 9.09. The monoisotopic (exact) mass is 430 g/mol. The largest absolute Gasteiger partial charge is 0.369 e. The van der Waals surface area contributed by atoms with E-state index in [9.17, 15) is 9.59 Å². The number of carbonyl (C=O) groups is 1. The van der Waals surface area contributed by atoms with Gasteiger partial charge in [0.15, 0.2) is 0 Å². The van der Waals surface area contributed by atoms with Gasteiger partial charge in [-0.25, -0.2) is 4.98 Å². The van der Waals surface area contributed by atoms with Gasteiger partial charge in [-0.2, -0.15) is 0 Å². The minimum atomic E-state index is -0.202. The van der Waals surface area contributed by atoms with Crippen molar-refractivity contribution in [3.8, 4) is 0 Å². The number of nitrogens with zero attached hydrogens (tertiary/aromatic N) is 3. The van der Waals surface area contributed by atoms with E-state index in [1.54, 1.807) is 17.2 Å². The quantitative estimate of drug-likeness (QED) is 0.403. The van der Waals surface area contributed by atoms with Crippen molar-refractivity contribution in [2.45, 2.75) is 53.0 Å². The number of nitrogens with one attached hydrogen (secondary N) is 1. The highest BCUT2D eigenvalue weighted by atomic mass is 32.2. The van der Waals surface area contributed by atoms with E-state index in [-0.39, 0.29) is 17.5 Å². The van der Waals surface area contributed by atoms with Gasteiger partial charge in [-0.15, -0.1) is 0 Å². The zero-order chi connectivity index (χ0) is 21.1. The van der Waals surface area contributed by atoms with E-state index in [0.29, 0.717) is 26.3 Å². The van der Waals surface area contributed by atoms with Crippen molar-refractivity contribution in [1.82, 2.24) is 14.3 Å². The summed E-state index contributed by atoms with van der Waals surface area (Å²) in [7, 11) is 0. The summed E-state index contributed by atoms with van der Waals surface area (Å²) in [6.07, 6.45) is 6.53. The zero-order valence-corrected chi connectivity index (χ0v) is 18.8. The SMILES string of the molecule is CCCCCNc1nc2c(C)cccn2c(=O)c1/C=C1/SC(=S)N(C(C)C)C1=O. The number of aromatic nitrogens is 2. The molecular weight excluding hydrogens is 404 g/mol. The maximum absolute atomic E-state index is 13.3. The summed E-state index contributed by atoms with van der Waals surface area (Å²) in [6.45, 7) is 8.63. The van der Waals surface area contributed by atoms with Crippen molar-refractivity contribution >= 4 is 51.7 Å². The Balaban J connectivity index is 2.10. The molecule has 0 saturated carbocycles. The van der Waals surface area contributed by atoms with Gasteiger partial charge < -0.3 is 5.32 Å². The number of fused-ring (bicyclic) bond motifs is 1. The molecule has 1 aliphatic rings. The van der Waals surface area contributed by atoms with Gasteiger partial charge >= 0.3 is 0 Å². The number of thioether (sulfide) groups is 1. The van der Waals surface area contributed by atoms with Gasteiger partial charge in [-0.1, -0.05) is 49.8 Å². The van der Waals surface area contributed by atoms with E-state index in [4.69, 9.17) is 17.2 Å². The van der Waals surface area contributed by atoms with E-state index in [2.05, 4.69) is 12.2 Å². The molecule has 0 spiro atoms. The molecule has 2 aromatic heterocycles. The molecule has 0 aromatic carbocycles. The normalized spacial score (nSPS) is 15.9. The zero-order valence-electron chi connectivity index (χ0n) is 17.2. The molecule has 0 radical (unpaired) electrons. The van der Waals surface area contributed by atoms with E-state index < -0.39 is 0 Å². The van der Waals surface area contributed by atoms with Crippen LogP contribution >= 0.6 is 24.0 Å². The van der Waals surface area contributed by atoms with Crippen LogP contribution in [0.15, 0.2) is 28.0 Å². The van der Waals surface area contributed by atoms with Crippen LogP contribution < -0.4 is 10.9 Å². The Hall–Kier alpha value is -2.19. The Morgan fingerprint density at radius 2 is 2.07 bits per heavy atom. The molecule has 0 unspecified atom stereocenters. The highest BCUT2D eigenvalue weighted by Gasteiger charge is 2.34. The minimum Gasteiger partial charge on any atom is -0.369 e. The first-order valence-electron chi connectivity index (χ1n) is 9.88. The van der Waals surface area contributed by atoms with Crippen molar-refractivity contribution in [1.29, 1.82) is 0 Å². The predicted molar refractivity (Wildman–Crippen MR) is 124 cm³/mol. The molecule has 154 valence electrons. The standard InChI is InChI=1S/C21H26N4O2S2/c1-5-6-7-10-22-17-15(12-16-20(27)25(13(2)3)21(28)29-16)19(26)24-11-8-9-14(4)18(24)23-17/h8-9,11-13,22H,5-7,10H2,1-4H3/b16-12+. The fourth-order valence-electron chi connectivity index (χ4n) is 3.21. The number of hydrogen-bond donors (Lipinski definition) is 1. The molecule has 1 aliphatic heterocycles. The summed E-state index contributed by atoms with van der Waals surface area (Å²) in [4.78, 5) is 32.8. The van der Waals surface area contributed by atoms with Crippen LogP contribution in [0.4, 0.5) is 5.82 Å². The number of hydrogen-bond acceptors (Lipinski definition) is 6. The van der Waals surface area contributed by atoms with Crippen LogP contribution in [-0.2, 0) is 4.79 Å². The molecular formula is C21H26N4O2S2. The maximum Gasteiger partial charge on any atom is 0.267 e. The smallest absolute Gasteiger partial charge is 0.267 e. The molecule has 29 heavy (non-hydrogen) atoms. The second-order valence-corrected chi connectivity index (χ2v) is 9.02. The van der Waals surface area contributed by atoms with Gasteiger partial charge in [0.2, 0.25) is 0 Å². The topological polar surface area (TPSA) is 66.7 Å². The number of aryl methyl sites for hydroxylation is 1. The lowest BCUT2D eigenvalue weighted by molar-refractivity contribution is -0.123. The molecule has 2 aromatic rings. The van der Waals surface area contributed by atoms with Gasteiger partial charge in [0, 0.05) is 18.8 Å². The van der Waals surface area contributed by atoms with Crippen molar-refractivity contribution in [2.24, 2.45) is 0 Å². The second-order valence-electron chi connectivity index (χ2n) is 7.34. The summed E-state index contributed by atoms with van der Waals surface area (Å²) in [5, 5.41) is 3.31. The minimum absolute atomic E-state index is 0.0292. The fraction of sp³-hybridized carbons (Fsp3) is 0.429. The van der Waals surface area contributed by atoms with Crippen LogP contribution in [0.1, 0.15) is 51.2 Å². The molecule has 0 atom stereocenters. The van der Waals surface area contributed by atoms with Crippen LogP contribution in [0.5, 0.6) is 0 Å². The number of amides is 1. The van der Waals surface area contributed by atoms with Crippen molar-refractivity contribution < 1.29 is 4.79 Å². The number of rotatable bonds is 7. The van der Waals surface area contributed by atoms with Crippen LogP contribution in [0.25, 0.3) is 11.7 Å². The molecule has 1 N–H and O–H groups in total. The molecule has 0 aliphatic carbocycles. The van der Waals surface area contributed by atoms with Crippen LogP contribution in [0, 0.1) is 6.92 Å². The molecule has 1 fully saturated rings. The molecule has 1 saturated heterocycles. The molecule has 8 heteroatoms. The average molecular weight is 431 g/mol. The van der Waals surface area contributed by atoms with Gasteiger partial charge in [0.05, 0.1) is 10.5 Å². The third-order valence-electron chi connectivity index (χ3n) is 4.77. The number of thiocarbonyl (C=S) groups is 1. The number of carbonyl (C=O) groups excluding carboxylic acids is 1. The van der Waals surface area contributed by atoms with Gasteiger partial charge in [-0.3, -0.25) is 18.9 Å². The lowest BCUT2D eigenvalue weighted by atomic mass is 10.2. The number of pyridine rings is 1. The van der Waals surface area contributed by atoms with Crippen LogP contribution in [0.2, 0.25) is 0 Å². The van der Waals surface area contributed by atoms with E-state index in [1.165, 1.54) is 16.2 Å². The third kappa shape index (κ3) is 4.38. The summed E-state index contributed by atoms with van der Waals surface area (Å²) in [5.41, 5.74) is 1.71. The van der Waals surface area contributed by atoms with Crippen molar-refractivity contribution in [2.75, 3.05) is 11.9 Å². The lowest BCUT2D eigenvalue weighted by Gasteiger charge is -2.18. The van der Waals surface area contributed by atoms with E-state index in [1.807, 2.05) is 32.9 Å². The number of unbranched alkanes of at least 4 members (excludes halogenated alkanes) is 2. The van der Waals surface area contributed by atoms with Gasteiger partial charge in [0.25, 0.3) is 11.5 Å². The third-order valence-corrected chi connectivity index (χ3v) is 6.10. The molecule has 1 amide bonds. The summed E-state index contributed by atoms with van der Waals surface area (Å²) in [6, 6.07) is 3.72. The number of anilines is 1. The summed E-state index contributed by atoms with van der Waals surface area (Å²) < 4.78 is 2.04. The van der Waals surface area contributed by atoms with Crippen molar-refractivity contribution in [3.05, 3.63) is 44.7 Å². The summed E-state index contributed by atoms with van der Waals surface area (Å²) in [5.74, 6) is 0.343. The van der Waals surface area contributed by atoms with Gasteiger partial charge in [0.1, 0.15) is 15.8 Å². The Labute approximate surface area is 180 Å². The Morgan fingerprint density at radius 3 is 2.72 bits per heavy atom. The van der Waals surface area contributed by atoms with Crippen molar-refractivity contribution in [3.63, 3.8) is 0 Å². The first-order chi connectivity index (χ1) is 13.8.